The Bertz CT molecular complexity index is 1310. The van der Waals surface area contributed by atoms with E-state index in [1.165, 1.54) is 48.5 Å². The van der Waals surface area contributed by atoms with Crippen LogP contribution in [0.2, 0.25) is 15.1 Å². The molecule has 0 fully saturated rings. The minimum Gasteiger partial charge on any atom is -0.440 e. The number of ether oxygens (including phenoxy) is 2. The number of hydrogen-bond acceptors (Lipinski definition) is 5. The molecule has 0 saturated heterocycles. The zero-order valence-electron chi connectivity index (χ0n) is 16.0. The molecule has 0 saturated carbocycles. The molecule has 0 aromatic heterocycles. The number of allylic oxidation sites excluding steroid dienone is 1. The van der Waals surface area contributed by atoms with Crippen LogP contribution in [-0.4, -0.2) is 5.97 Å². The quantitative estimate of drug-likeness (QED) is 0.348. The molecule has 0 spiro atoms. The number of nitriles is 1. The van der Waals surface area contributed by atoms with E-state index in [0.29, 0.717) is 10.6 Å². The lowest BCUT2D eigenvalue weighted by Crippen LogP contribution is -2.22. The van der Waals surface area contributed by atoms with E-state index in [0.717, 1.165) is 0 Å². The van der Waals surface area contributed by atoms with Crippen LogP contribution < -0.4 is 15.2 Å². The Morgan fingerprint density at radius 1 is 1.06 bits per heavy atom. The van der Waals surface area contributed by atoms with Gasteiger partial charge in [0.05, 0.1) is 21.5 Å². The predicted molar refractivity (Wildman–Crippen MR) is 119 cm³/mol. The number of halogens is 4. The molecule has 32 heavy (non-hydrogen) atoms. The molecule has 0 radical (unpaired) electrons. The van der Waals surface area contributed by atoms with E-state index in [4.69, 9.17) is 50.0 Å². The van der Waals surface area contributed by atoms with Crippen molar-refractivity contribution in [2.75, 3.05) is 0 Å². The first-order chi connectivity index (χ1) is 15.3. The molecule has 1 heterocycles. The van der Waals surface area contributed by atoms with Crippen LogP contribution in [0.1, 0.15) is 27.4 Å². The molecule has 1 aliphatic rings. The van der Waals surface area contributed by atoms with E-state index in [1.54, 1.807) is 6.07 Å². The van der Waals surface area contributed by atoms with Crippen LogP contribution >= 0.6 is 34.8 Å². The largest absolute Gasteiger partial charge is 0.440 e. The summed E-state index contributed by atoms with van der Waals surface area (Å²) in [6.45, 7) is 0. The number of nitrogens with two attached hydrogens (primary N) is 1. The Labute approximate surface area is 197 Å². The molecule has 0 amide bonds. The van der Waals surface area contributed by atoms with E-state index in [-0.39, 0.29) is 44.1 Å². The number of benzene rings is 3. The highest BCUT2D eigenvalue weighted by molar-refractivity contribution is 6.42. The van der Waals surface area contributed by atoms with Crippen LogP contribution in [0.5, 0.6) is 11.5 Å². The predicted octanol–water partition coefficient (Wildman–Crippen LogP) is 6.22. The SMILES string of the molecule is N#CC1=C(N)Oc2cc(OC(=O)c3ccc(Cl)c(Cl)c3)ccc2[C@@H]1c1c(F)cccc1Cl. The average molecular weight is 490 g/mol. The van der Waals surface area contributed by atoms with Crippen molar-refractivity contribution in [2.45, 2.75) is 5.92 Å². The third kappa shape index (κ3) is 3.98. The highest BCUT2D eigenvalue weighted by atomic mass is 35.5. The third-order valence-corrected chi connectivity index (χ3v) is 5.91. The van der Waals surface area contributed by atoms with Gasteiger partial charge >= 0.3 is 5.97 Å². The molecule has 0 aliphatic carbocycles. The Morgan fingerprint density at radius 3 is 2.53 bits per heavy atom. The average Bonchev–Trinajstić information content (AvgIpc) is 2.75. The molecule has 2 N–H and O–H groups in total. The van der Waals surface area contributed by atoms with Crippen molar-refractivity contribution >= 4 is 40.8 Å². The monoisotopic (exact) mass is 488 g/mol. The topological polar surface area (TPSA) is 85.3 Å². The standard InChI is InChI=1S/C23H12Cl3FN2O3/c24-15-7-4-11(8-17(15)26)23(30)31-12-5-6-13-19(9-12)32-22(29)14(10-28)20(13)21-16(25)2-1-3-18(21)27/h1-9,20H,29H2/t20-/m0/s1. The van der Waals surface area contributed by atoms with Crippen LogP contribution in [0.3, 0.4) is 0 Å². The van der Waals surface area contributed by atoms with E-state index < -0.39 is 17.7 Å². The Balaban J connectivity index is 1.73. The molecule has 3 aromatic carbocycles. The van der Waals surface area contributed by atoms with Gasteiger partial charge in [-0.3, -0.25) is 0 Å². The van der Waals surface area contributed by atoms with Gasteiger partial charge in [-0.1, -0.05) is 46.9 Å². The summed E-state index contributed by atoms with van der Waals surface area (Å²) in [7, 11) is 0. The molecule has 1 atom stereocenters. The van der Waals surface area contributed by atoms with Crippen molar-refractivity contribution in [1.29, 1.82) is 5.26 Å². The lowest BCUT2D eigenvalue weighted by Gasteiger charge is -2.27. The molecule has 3 aromatic rings. The van der Waals surface area contributed by atoms with Crippen molar-refractivity contribution in [1.82, 2.24) is 0 Å². The maximum Gasteiger partial charge on any atom is 0.343 e. The number of rotatable bonds is 3. The third-order valence-electron chi connectivity index (χ3n) is 4.84. The molecule has 160 valence electrons. The normalized spacial score (nSPS) is 14.9. The van der Waals surface area contributed by atoms with E-state index in [9.17, 15) is 14.4 Å². The summed E-state index contributed by atoms with van der Waals surface area (Å²) < 4.78 is 25.6. The molecule has 0 unspecified atom stereocenters. The second kappa shape index (κ2) is 8.71. The Kier molecular flexibility index (Phi) is 5.98. The fourth-order valence-corrected chi connectivity index (χ4v) is 3.94. The number of esters is 1. The zero-order chi connectivity index (χ0) is 23.0. The minimum absolute atomic E-state index is 0.0186. The van der Waals surface area contributed by atoms with Crippen molar-refractivity contribution in [3.05, 3.63) is 104 Å². The summed E-state index contributed by atoms with van der Waals surface area (Å²) in [6, 6.07) is 15.0. The van der Waals surface area contributed by atoms with Gasteiger partial charge in [-0.25, -0.2) is 9.18 Å². The Morgan fingerprint density at radius 2 is 1.84 bits per heavy atom. The minimum atomic E-state index is -0.891. The van der Waals surface area contributed by atoms with Gasteiger partial charge in [-0.05, 0) is 36.4 Å². The molecule has 9 heteroatoms. The lowest BCUT2D eigenvalue weighted by atomic mass is 9.83. The number of carbonyl (C=O) groups excluding carboxylic acids is 1. The number of nitrogens with zero attached hydrogens (tertiary/aromatic N) is 1. The summed E-state index contributed by atoms with van der Waals surface area (Å²) in [4.78, 5) is 12.5. The van der Waals surface area contributed by atoms with Gasteiger partial charge in [0.2, 0.25) is 5.88 Å². The second-order valence-electron chi connectivity index (χ2n) is 6.78. The van der Waals surface area contributed by atoms with Gasteiger partial charge in [-0.15, -0.1) is 0 Å². The van der Waals surface area contributed by atoms with Crippen LogP contribution in [-0.2, 0) is 0 Å². The number of carbonyl (C=O) groups is 1. The van der Waals surface area contributed by atoms with Gasteiger partial charge in [0, 0.05) is 22.2 Å². The van der Waals surface area contributed by atoms with E-state index in [1.807, 2.05) is 6.07 Å². The van der Waals surface area contributed by atoms with Gasteiger partial charge in [-0.2, -0.15) is 5.26 Å². The van der Waals surface area contributed by atoms with Crippen molar-refractivity contribution < 1.29 is 18.7 Å². The summed E-state index contributed by atoms with van der Waals surface area (Å²) in [5.74, 6) is -2.01. The first-order valence-electron chi connectivity index (χ1n) is 9.12. The van der Waals surface area contributed by atoms with E-state index >= 15 is 0 Å². The molecular formula is C23H12Cl3FN2O3. The van der Waals surface area contributed by atoms with Crippen LogP contribution in [0.25, 0.3) is 0 Å². The van der Waals surface area contributed by atoms with Crippen molar-refractivity contribution in [3.63, 3.8) is 0 Å². The first-order valence-corrected chi connectivity index (χ1v) is 10.3. The highest BCUT2D eigenvalue weighted by Crippen LogP contribution is 2.46. The van der Waals surface area contributed by atoms with Gasteiger partial charge in [0.1, 0.15) is 29.0 Å². The van der Waals surface area contributed by atoms with Crippen LogP contribution in [0.4, 0.5) is 4.39 Å². The molecule has 4 rings (SSSR count). The van der Waals surface area contributed by atoms with Crippen molar-refractivity contribution in [3.8, 4) is 17.6 Å². The smallest absolute Gasteiger partial charge is 0.343 e. The summed E-state index contributed by atoms with van der Waals surface area (Å²) in [5, 5.41) is 10.3. The molecule has 5 nitrogen and oxygen atoms in total. The fraction of sp³-hybridized carbons (Fsp3) is 0.0435. The van der Waals surface area contributed by atoms with Gasteiger partial charge in [0.15, 0.2) is 0 Å². The number of fused-ring (bicyclic) bond motifs is 1. The maximum atomic E-state index is 14.7. The second-order valence-corrected chi connectivity index (χ2v) is 8.00. The molecule has 1 aliphatic heterocycles. The van der Waals surface area contributed by atoms with Gasteiger partial charge in [0.25, 0.3) is 0 Å². The van der Waals surface area contributed by atoms with Gasteiger partial charge < -0.3 is 15.2 Å². The van der Waals surface area contributed by atoms with Crippen LogP contribution in [0, 0.1) is 17.1 Å². The van der Waals surface area contributed by atoms with Crippen molar-refractivity contribution in [2.24, 2.45) is 5.73 Å². The lowest BCUT2D eigenvalue weighted by molar-refractivity contribution is 0.0734. The summed E-state index contributed by atoms with van der Waals surface area (Å²) in [5.41, 5.74) is 6.69. The number of hydrogen-bond donors (Lipinski definition) is 1. The molecule has 0 bridgehead atoms. The fourth-order valence-electron chi connectivity index (χ4n) is 3.37. The van der Waals surface area contributed by atoms with Crippen LogP contribution in [0.15, 0.2) is 66.1 Å². The summed E-state index contributed by atoms with van der Waals surface area (Å²) in [6.07, 6.45) is 0. The zero-order valence-corrected chi connectivity index (χ0v) is 18.3. The highest BCUT2D eigenvalue weighted by Gasteiger charge is 2.34. The Hall–Kier alpha value is -3.24. The molecular weight excluding hydrogens is 478 g/mol. The van der Waals surface area contributed by atoms with E-state index in [2.05, 4.69) is 0 Å². The summed E-state index contributed by atoms with van der Waals surface area (Å²) >= 11 is 18.1. The first kappa shape index (κ1) is 22.0. The maximum absolute atomic E-state index is 14.7.